The first-order chi connectivity index (χ1) is 10.8. The molecule has 1 rings (SSSR count). The van der Waals surface area contributed by atoms with Crippen LogP contribution in [0.15, 0.2) is 29.8 Å². The Labute approximate surface area is 138 Å². The van der Waals surface area contributed by atoms with Gasteiger partial charge >= 0.3 is 11.9 Å². The highest BCUT2D eigenvalue weighted by Gasteiger charge is 2.21. The number of carbonyl (C=O) groups is 2. The molecule has 0 bridgehead atoms. The fraction of sp³-hybridized carbons (Fsp3) is 0.474. The number of hydrogen-bond donors (Lipinski definition) is 0. The van der Waals surface area contributed by atoms with Gasteiger partial charge in [-0.3, -0.25) is 9.59 Å². The molecular formula is C19H26O4. The molecule has 4 heteroatoms. The number of ether oxygens (including phenoxy) is 2. The minimum absolute atomic E-state index is 0.367. The molecule has 0 saturated heterocycles. The number of rotatable bonds is 7. The van der Waals surface area contributed by atoms with Crippen LogP contribution in [-0.4, -0.2) is 18.2 Å². The molecule has 0 N–H and O–H groups in total. The maximum Gasteiger partial charge on any atom is 0.305 e. The topological polar surface area (TPSA) is 52.6 Å². The van der Waals surface area contributed by atoms with E-state index in [2.05, 4.69) is 19.9 Å². The summed E-state index contributed by atoms with van der Waals surface area (Å²) in [5.74, 6) is -0.586. The van der Waals surface area contributed by atoms with Crippen LogP contribution in [0.1, 0.15) is 64.5 Å². The van der Waals surface area contributed by atoms with Crippen molar-refractivity contribution in [2.45, 2.75) is 59.7 Å². The molecule has 0 atom stereocenters. The van der Waals surface area contributed by atoms with Gasteiger partial charge in [0.2, 0.25) is 0 Å². The van der Waals surface area contributed by atoms with Gasteiger partial charge in [-0.15, -0.1) is 0 Å². The maximum absolute atomic E-state index is 11.3. The Morgan fingerprint density at radius 2 is 1.65 bits per heavy atom. The molecule has 0 aliphatic heterocycles. The standard InChI is InChI=1S/C19H26O4/c1-6-9-17(19(22-14(4)20)23-15(5)21)12-16-10-7-8-11-18(16)13(2)3/h7-8,10-13,19H,6,9H2,1-5H3. The van der Waals surface area contributed by atoms with E-state index in [0.29, 0.717) is 12.3 Å². The van der Waals surface area contributed by atoms with E-state index in [1.807, 2.05) is 31.2 Å². The molecule has 23 heavy (non-hydrogen) atoms. The van der Waals surface area contributed by atoms with Crippen molar-refractivity contribution in [3.05, 3.63) is 41.0 Å². The molecule has 126 valence electrons. The quantitative estimate of drug-likeness (QED) is 0.550. The van der Waals surface area contributed by atoms with E-state index in [1.54, 1.807) is 0 Å². The Kier molecular flexibility index (Phi) is 7.52. The van der Waals surface area contributed by atoms with E-state index in [-0.39, 0.29) is 0 Å². The Morgan fingerprint density at radius 1 is 1.09 bits per heavy atom. The lowest BCUT2D eigenvalue weighted by Gasteiger charge is -2.20. The van der Waals surface area contributed by atoms with Gasteiger partial charge in [-0.1, -0.05) is 51.5 Å². The highest BCUT2D eigenvalue weighted by atomic mass is 16.7. The zero-order valence-electron chi connectivity index (χ0n) is 14.6. The molecular weight excluding hydrogens is 292 g/mol. The number of benzene rings is 1. The molecule has 0 aliphatic carbocycles. The molecule has 0 saturated carbocycles. The molecule has 4 nitrogen and oxygen atoms in total. The maximum atomic E-state index is 11.3. The number of carbonyl (C=O) groups excluding carboxylic acids is 2. The SMILES string of the molecule is CCCC(=Cc1ccccc1C(C)C)C(OC(C)=O)OC(C)=O. The summed E-state index contributed by atoms with van der Waals surface area (Å²) in [4.78, 5) is 22.7. The van der Waals surface area contributed by atoms with E-state index in [0.717, 1.165) is 17.6 Å². The summed E-state index contributed by atoms with van der Waals surface area (Å²) in [5.41, 5.74) is 3.03. The first-order valence-corrected chi connectivity index (χ1v) is 7.99. The van der Waals surface area contributed by atoms with Crippen LogP contribution in [0.25, 0.3) is 6.08 Å². The molecule has 0 radical (unpaired) electrons. The van der Waals surface area contributed by atoms with Crippen molar-refractivity contribution in [2.75, 3.05) is 0 Å². The third-order valence-electron chi connectivity index (χ3n) is 3.35. The molecule has 0 aromatic heterocycles. The first-order valence-electron chi connectivity index (χ1n) is 7.99. The van der Waals surface area contributed by atoms with E-state index < -0.39 is 18.2 Å². The van der Waals surface area contributed by atoms with E-state index in [4.69, 9.17) is 9.47 Å². The zero-order valence-corrected chi connectivity index (χ0v) is 14.6. The van der Waals surface area contributed by atoms with E-state index >= 15 is 0 Å². The van der Waals surface area contributed by atoms with Gasteiger partial charge in [0, 0.05) is 19.4 Å². The third-order valence-corrected chi connectivity index (χ3v) is 3.35. The highest BCUT2D eigenvalue weighted by Crippen LogP contribution is 2.25. The normalized spacial score (nSPS) is 11.7. The van der Waals surface area contributed by atoms with Crippen molar-refractivity contribution in [1.82, 2.24) is 0 Å². The van der Waals surface area contributed by atoms with E-state index in [9.17, 15) is 9.59 Å². The highest BCUT2D eigenvalue weighted by molar-refractivity contribution is 5.69. The van der Waals surface area contributed by atoms with Gasteiger partial charge < -0.3 is 9.47 Å². The van der Waals surface area contributed by atoms with Gasteiger partial charge in [0.05, 0.1) is 0 Å². The predicted octanol–water partition coefficient (Wildman–Crippen LogP) is 4.45. The van der Waals surface area contributed by atoms with Crippen LogP contribution in [0.3, 0.4) is 0 Å². The van der Waals surface area contributed by atoms with Gasteiger partial charge in [0.1, 0.15) is 0 Å². The second kappa shape index (κ2) is 9.13. The average molecular weight is 318 g/mol. The molecule has 0 spiro atoms. The second-order valence-electron chi connectivity index (χ2n) is 5.80. The summed E-state index contributed by atoms with van der Waals surface area (Å²) in [6.07, 6.45) is 2.53. The molecule has 0 heterocycles. The fourth-order valence-corrected chi connectivity index (χ4v) is 2.39. The van der Waals surface area contributed by atoms with Crippen LogP contribution < -0.4 is 0 Å². The van der Waals surface area contributed by atoms with Crippen LogP contribution in [-0.2, 0) is 19.1 Å². The third kappa shape index (κ3) is 6.27. The minimum atomic E-state index is -0.967. The molecule has 0 aliphatic rings. The average Bonchev–Trinajstić information content (AvgIpc) is 2.45. The van der Waals surface area contributed by atoms with Crippen molar-refractivity contribution < 1.29 is 19.1 Å². The monoisotopic (exact) mass is 318 g/mol. The van der Waals surface area contributed by atoms with Gasteiger partial charge in [0.25, 0.3) is 6.29 Å². The van der Waals surface area contributed by atoms with Gasteiger partial charge in [-0.2, -0.15) is 0 Å². The summed E-state index contributed by atoms with van der Waals surface area (Å²) in [6.45, 7) is 8.90. The van der Waals surface area contributed by atoms with Gasteiger partial charge in [-0.25, -0.2) is 0 Å². The lowest BCUT2D eigenvalue weighted by molar-refractivity contribution is -0.178. The summed E-state index contributed by atoms with van der Waals surface area (Å²) in [6, 6.07) is 8.06. The lowest BCUT2D eigenvalue weighted by Crippen LogP contribution is -2.24. The Hall–Kier alpha value is -2.10. The van der Waals surface area contributed by atoms with Crippen LogP contribution in [0.2, 0.25) is 0 Å². The second-order valence-corrected chi connectivity index (χ2v) is 5.80. The molecule has 1 aromatic carbocycles. The first kappa shape index (κ1) is 18.9. The smallest absolute Gasteiger partial charge is 0.305 e. The van der Waals surface area contributed by atoms with Crippen molar-refractivity contribution in [3.8, 4) is 0 Å². The summed E-state index contributed by atoms with van der Waals surface area (Å²) >= 11 is 0. The molecule has 1 aromatic rings. The number of hydrogen-bond acceptors (Lipinski definition) is 4. The fourth-order valence-electron chi connectivity index (χ4n) is 2.39. The predicted molar refractivity (Wildman–Crippen MR) is 90.7 cm³/mol. The molecule has 0 fully saturated rings. The van der Waals surface area contributed by atoms with Crippen LogP contribution in [0.5, 0.6) is 0 Å². The Morgan fingerprint density at radius 3 is 2.13 bits per heavy atom. The Bertz CT molecular complexity index is 556. The largest absolute Gasteiger partial charge is 0.421 e. The van der Waals surface area contributed by atoms with Crippen molar-refractivity contribution in [3.63, 3.8) is 0 Å². The summed E-state index contributed by atoms with van der Waals surface area (Å²) in [5, 5.41) is 0. The minimum Gasteiger partial charge on any atom is -0.421 e. The Balaban J connectivity index is 3.25. The van der Waals surface area contributed by atoms with E-state index in [1.165, 1.54) is 19.4 Å². The van der Waals surface area contributed by atoms with Crippen molar-refractivity contribution >= 4 is 18.0 Å². The summed E-state index contributed by atoms with van der Waals surface area (Å²) in [7, 11) is 0. The lowest BCUT2D eigenvalue weighted by atomic mass is 9.95. The van der Waals surface area contributed by atoms with Crippen LogP contribution >= 0.6 is 0 Å². The van der Waals surface area contributed by atoms with Crippen LogP contribution in [0, 0.1) is 0 Å². The van der Waals surface area contributed by atoms with Crippen molar-refractivity contribution in [1.29, 1.82) is 0 Å². The van der Waals surface area contributed by atoms with Crippen LogP contribution in [0.4, 0.5) is 0 Å². The number of esters is 2. The van der Waals surface area contributed by atoms with Gasteiger partial charge in [-0.05, 0) is 29.5 Å². The zero-order chi connectivity index (χ0) is 17.4. The van der Waals surface area contributed by atoms with Gasteiger partial charge in [0.15, 0.2) is 0 Å². The van der Waals surface area contributed by atoms with Crippen molar-refractivity contribution in [2.24, 2.45) is 0 Å². The summed E-state index contributed by atoms with van der Waals surface area (Å²) < 4.78 is 10.4. The molecule has 0 amide bonds. The molecule has 0 unspecified atom stereocenters.